The van der Waals surface area contributed by atoms with Crippen molar-refractivity contribution in [2.75, 3.05) is 12.4 Å². The summed E-state index contributed by atoms with van der Waals surface area (Å²) in [6.07, 6.45) is 0. The van der Waals surface area contributed by atoms with Crippen LogP contribution in [0.2, 0.25) is 0 Å². The van der Waals surface area contributed by atoms with Crippen molar-refractivity contribution in [3.63, 3.8) is 0 Å². The molecule has 17 heavy (non-hydrogen) atoms. The van der Waals surface area contributed by atoms with Crippen LogP contribution < -0.4 is 5.32 Å². The van der Waals surface area contributed by atoms with Crippen molar-refractivity contribution < 1.29 is 18.3 Å². The van der Waals surface area contributed by atoms with Crippen LogP contribution in [0.5, 0.6) is 0 Å². The molecular formula is C12H15F2NO2. The Labute approximate surface area is 98.8 Å². The van der Waals surface area contributed by atoms with E-state index in [-0.39, 0.29) is 5.92 Å². The number of methoxy groups -OCH3 is 1. The molecule has 0 spiro atoms. The lowest BCUT2D eigenvalue weighted by Crippen LogP contribution is -2.35. The zero-order chi connectivity index (χ0) is 13.0. The highest BCUT2D eigenvalue weighted by atomic mass is 19.2. The van der Waals surface area contributed by atoms with E-state index in [0.717, 1.165) is 12.1 Å². The lowest BCUT2D eigenvalue weighted by atomic mass is 10.0. The predicted molar refractivity (Wildman–Crippen MR) is 60.6 cm³/mol. The van der Waals surface area contributed by atoms with Gasteiger partial charge >= 0.3 is 5.97 Å². The molecule has 0 fully saturated rings. The predicted octanol–water partition coefficient (Wildman–Crippen LogP) is 2.57. The number of anilines is 1. The number of carbonyl (C=O) groups excluding carboxylic acids is 1. The normalized spacial score (nSPS) is 12.4. The summed E-state index contributed by atoms with van der Waals surface area (Å²) in [5.74, 6) is -2.35. The van der Waals surface area contributed by atoms with E-state index in [1.54, 1.807) is 0 Å². The van der Waals surface area contributed by atoms with Gasteiger partial charge in [-0.1, -0.05) is 13.8 Å². The highest BCUT2D eigenvalue weighted by molar-refractivity contribution is 5.79. The summed E-state index contributed by atoms with van der Waals surface area (Å²) >= 11 is 0. The molecule has 0 bridgehead atoms. The van der Waals surface area contributed by atoms with Crippen molar-refractivity contribution >= 4 is 11.7 Å². The van der Waals surface area contributed by atoms with Crippen molar-refractivity contribution in [2.24, 2.45) is 5.92 Å². The first kappa shape index (κ1) is 13.4. The van der Waals surface area contributed by atoms with Crippen LogP contribution >= 0.6 is 0 Å². The third-order valence-corrected chi connectivity index (χ3v) is 2.36. The van der Waals surface area contributed by atoms with Gasteiger partial charge in [0.25, 0.3) is 0 Å². The number of halogens is 2. The largest absolute Gasteiger partial charge is 0.467 e. The Kier molecular flexibility index (Phi) is 4.43. The molecule has 0 aliphatic heterocycles. The van der Waals surface area contributed by atoms with E-state index in [1.807, 2.05) is 13.8 Å². The van der Waals surface area contributed by atoms with Crippen molar-refractivity contribution in [3.8, 4) is 0 Å². The molecule has 0 heterocycles. The fraction of sp³-hybridized carbons (Fsp3) is 0.417. The Bertz CT molecular complexity index is 407. The van der Waals surface area contributed by atoms with Crippen molar-refractivity contribution in [1.29, 1.82) is 0 Å². The summed E-state index contributed by atoms with van der Waals surface area (Å²) < 4.78 is 30.3. The molecule has 0 radical (unpaired) electrons. The molecular weight excluding hydrogens is 228 g/mol. The van der Waals surface area contributed by atoms with Gasteiger partial charge < -0.3 is 10.1 Å². The first-order valence-corrected chi connectivity index (χ1v) is 5.25. The SMILES string of the molecule is COC(=O)C(Nc1ccc(F)c(F)c1)C(C)C. The zero-order valence-corrected chi connectivity index (χ0v) is 9.96. The van der Waals surface area contributed by atoms with Gasteiger partial charge in [0.05, 0.1) is 7.11 Å². The zero-order valence-electron chi connectivity index (χ0n) is 9.96. The van der Waals surface area contributed by atoms with Gasteiger partial charge in [-0.2, -0.15) is 0 Å². The van der Waals surface area contributed by atoms with Crippen molar-refractivity contribution in [1.82, 2.24) is 0 Å². The average molecular weight is 243 g/mol. The Hall–Kier alpha value is -1.65. The second-order valence-electron chi connectivity index (χ2n) is 4.02. The minimum atomic E-state index is -0.956. The minimum absolute atomic E-state index is 0.0319. The third kappa shape index (κ3) is 3.41. The lowest BCUT2D eigenvalue weighted by molar-refractivity contribution is -0.142. The van der Waals surface area contributed by atoms with Crippen LogP contribution in [0.4, 0.5) is 14.5 Å². The van der Waals surface area contributed by atoms with Gasteiger partial charge in [-0.05, 0) is 18.1 Å². The maximum atomic E-state index is 13.0. The Morgan fingerprint density at radius 1 is 1.29 bits per heavy atom. The van der Waals surface area contributed by atoms with E-state index in [4.69, 9.17) is 0 Å². The van der Waals surface area contributed by atoms with Gasteiger partial charge in [-0.15, -0.1) is 0 Å². The standard InChI is InChI=1S/C12H15F2NO2/c1-7(2)11(12(16)17-3)15-8-4-5-9(13)10(14)6-8/h4-7,11,15H,1-3H3. The number of ether oxygens (including phenoxy) is 1. The maximum Gasteiger partial charge on any atom is 0.328 e. The molecule has 94 valence electrons. The fourth-order valence-corrected chi connectivity index (χ4v) is 1.39. The topological polar surface area (TPSA) is 38.3 Å². The van der Waals surface area contributed by atoms with Crippen molar-refractivity contribution in [3.05, 3.63) is 29.8 Å². The summed E-state index contributed by atoms with van der Waals surface area (Å²) in [5, 5.41) is 2.82. The molecule has 1 rings (SSSR count). The summed E-state index contributed by atoms with van der Waals surface area (Å²) in [7, 11) is 1.28. The number of nitrogens with one attached hydrogen (secondary N) is 1. The second kappa shape index (κ2) is 5.61. The highest BCUT2D eigenvalue weighted by Crippen LogP contribution is 2.17. The van der Waals surface area contributed by atoms with Gasteiger partial charge in [0.2, 0.25) is 0 Å². The van der Waals surface area contributed by atoms with Crippen molar-refractivity contribution in [2.45, 2.75) is 19.9 Å². The molecule has 5 heteroatoms. The number of benzene rings is 1. The van der Waals surface area contributed by atoms with E-state index >= 15 is 0 Å². The lowest BCUT2D eigenvalue weighted by Gasteiger charge is -2.20. The molecule has 1 unspecified atom stereocenters. The third-order valence-electron chi connectivity index (χ3n) is 2.36. The van der Waals surface area contributed by atoms with E-state index < -0.39 is 23.6 Å². The summed E-state index contributed by atoms with van der Waals surface area (Å²) in [5.41, 5.74) is 0.341. The molecule has 0 aliphatic rings. The second-order valence-corrected chi connectivity index (χ2v) is 4.02. The van der Waals surface area contributed by atoms with Gasteiger partial charge in [0.15, 0.2) is 11.6 Å². The van der Waals surface area contributed by atoms with E-state index in [1.165, 1.54) is 13.2 Å². The van der Waals surface area contributed by atoms with Gasteiger partial charge in [-0.3, -0.25) is 0 Å². The molecule has 0 amide bonds. The molecule has 3 nitrogen and oxygen atoms in total. The number of carbonyl (C=O) groups is 1. The van der Waals surface area contributed by atoms with Crippen LogP contribution in [0.15, 0.2) is 18.2 Å². The number of hydrogen-bond acceptors (Lipinski definition) is 3. The molecule has 0 aliphatic carbocycles. The summed E-state index contributed by atoms with van der Waals surface area (Å²) in [6, 6.07) is 2.79. The quantitative estimate of drug-likeness (QED) is 0.826. The molecule has 1 N–H and O–H groups in total. The monoisotopic (exact) mass is 243 g/mol. The van der Waals surface area contributed by atoms with Crippen LogP contribution in [0.1, 0.15) is 13.8 Å². The van der Waals surface area contributed by atoms with Crippen LogP contribution in [-0.2, 0) is 9.53 Å². The van der Waals surface area contributed by atoms with Crippen LogP contribution in [-0.4, -0.2) is 19.1 Å². The minimum Gasteiger partial charge on any atom is -0.467 e. The van der Waals surface area contributed by atoms with Gasteiger partial charge in [0, 0.05) is 11.8 Å². The van der Waals surface area contributed by atoms with Gasteiger partial charge in [0.1, 0.15) is 6.04 Å². The number of esters is 1. The summed E-state index contributed by atoms with van der Waals surface area (Å²) in [6.45, 7) is 3.66. The molecule has 0 aromatic heterocycles. The van der Waals surface area contributed by atoms with Crippen LogP contribution in [0, 0.1) is 17.6 Å². The Balaban J connectivity index is 2.86. The van der Waals surface area contributed by atoms with Crippen LogP contribution in [0.3, 0.4) is 0 Å². The first-order chi connectivity index (χ1) is 7.95. The Morgan fingerprint density at radius 3 is 2.41 bits per heavy atom. The molecule has 0 saturated heterocycles. The average Bonchev–Trinajstić information content (AvgIpc) is 2.29. The van der Waals surface area contributed by atoms with Gasteiger partial charge in [-0.25, -0.2) is 13.6 Å². The highest BCUT2D eigenvalue weighted by Gasteiger charge is 2.22. The van der Waals surface area contributed by atoms with E-state index in [2.05, 4.69) is 10.1 Å². The van der Waals surface area contributed by atoms with E-state index in [9.17, 15) is 13.6 Å². The molecule has 1 aromatic carbocycles. The Morgan fingerprint density at radius 2 is 1.94 bits per heavy atom. The number of rotatable bonds is 4. The summed E-state index contributed by atoms with van der Waals surface area (Å²) in [4.78, 5) is 11.5. The van der Waals surface area contributed by atoms with E-state index in [0.29, 0.717) is 5.69 Å². The molecule has 1 aromatic rings. The maximum absolute atomic E-state index is 13.0. The molecule has 0 saturated carbocycles. The number of hydrogen-bond donors (Lipinski definition) is 1. The smallest absolute Gasteiger partial charge is 0.328 e. The molecule has 1 atom stereocenters. The first-order valence-electron chi connectivity index (χ1n) is 5.25. The fourth-order valence-electron chi connectivity index (χ4n) is 1.39. The van der Waals surface area contributed by atoms with Crippen LogP contribution in [0.25, 0.3) is 0 Å².